The zero-order chi connectivity index (χ0) is 12.8. The Labute approximate surface area is 103 Å². The summed E-state index contributed by atoms with van der Waals surface area (Å²) < 4.78 is 31.5. The molecule has 0 aliphatic carbocycles. The van der Waals surface area contributed by atoms with Crippen molar-refractivity contribution >= 4 is 17.7 Å². The topological polar surface area (TPSA) is 26.3 Å². The van der Waals surface area contributed by atoms with Gasteiger partial charge in [-0.25, -0.2) is 8.78 Å². The molecule has 0 amide bonds. The van der Waals surface area contributed by atoms with E-state index >= 15 is 0 Å². The standard InChI is InChI=1S/C12H14F2O2S/c1-3-16-11(15)7-17-8(2)12-9(13)5-4-6-10(12)14/h4-6,8H,3,7H2,1-2H3. The molecule has 0 saturated heterocycles. The van der Waals surface area contributed by atoms with Gasteiger partial charge in [-0.3, -0.25) is 4.79 Å². The average molecular weight is 260 g/mol. The Balaban J connectivity index is 2.64. The van der Waals surface area contributed by atoms with Crippen molar-refractivity contribution in [1.82, 2.24) is 0 Å². The summed E-state index contributed by atoms with van der Waals surface area (Å²) in [4.78, 5) is 11.1. The lowest BCUT2D eigenvalue weighted by atomic mass is 10.1. The van der Waals surface area contributed by atoms with Crippen LogP contribution in [0.5, 0.6) is 0 Å². The number of hydrogen-bond acceptors (Lipinski definition) is 3. The first-order chi connectivity index (χ1) is 8.06. The van der Waals surface area contributed by atoms with Gasteiger partial charge in [0.15, 0.2) is 0 Å². The van der Waals surface area contributed by atoms with Crippen LogP contribution in [0.2, 0.25) is 0 Å². The van der Waals surface area contributed by atoms with E-state index in [2.05, 4.69) is 0 Å². The summed E-state index contributed by atoms with van der Waals surface area (Å²) in [6, 6.07) is 3.73. The zero-order valence-corrected chi connectivity index (χ0v) is 10.5. The highest BCUT2D eigenvalue weighted by Crippen LogP contribution is 2.31. The van der Waals surface area contributed by atoms with E-state index in [0.29, 0.717) is 6.61 Å². The summed E-state index contributed by atoms with van der Waals surface area (Å²) in [5.74, 6) is -1.47. The first kappa shape index (κ1) is 14.0. The molecule has 0 saturated carbocycles. The molecule has 0 aliphatic rings. The van der Waals surface area contributed by atoms with Gasteiger partial charge in [0.05, 0.1) is 12.4 Å². The Hall–Kier alpha value is -1.10. The Morgan fingerprint density at radius 2 is 2.00 bits per heavy atom. The number of hydrogen-bond donors (Lipinski definition) is 0. The van der Waals surface area contributed by atoms with E-state index in [1.54, 1.807) is 13.8 Å². The molecule has 0 N–H and O–H groups in total. The monoisotopic (exact) mass is 260 g/mol. The summed E-state index contributed by atoms with van der Waals surface area (Å²) >= 11 is 1.15. The van der Waals surface area contributed by atoms with Gasteiger partial charge in [0, 0.05) is 10.8 Å². The molecule has 1 aromatic rings. The molecular weight excluding hydrogens is 246 g/mol. The maximum atomic E-state index is 13.4. The third kappa shape index (κ3) is 4.00. The molecule has 0 spiro atoms. The van der Waals surface area contributed by atoms with E-state index in [0.717, 1.165) is 11.8 Å². The van der Waals surface area contributed by atoms with Crippen LogP contribution in [0.1, 0.15) is 24.7 Å². The largest absolute Gasteiger partial charge is 0.465 e. The van der Waals surface area contributed by atoms with Crippen LogP contribution >= 0.6 is 11.8 Å². The van der Waals surface area contributed by atoms with E-state index in [1.165, 1.54) is 18.2 Å². The zero-order valence-electron chi connectivity index (χ0n) is 9.70. The number of halogens is 2. The van der Waals surface area contributed by atoms with Gasteiger partial charge in [-0.05, 0) is 26.0 Å². The Kier molecular flexibility index (Phi) is 5.41. The lowest BCUT2D eigenvalue weighted by Crippen LogP contribution is -2.08. The molecule has 94 valence electrons. The molecule has 0 bridgehead atoms. The van der Waals surface area contributed by atoms with Gasteiger partial charge in [0.1, 0.15) is 11.6 Å². The maximum Gasteiger partial charge on any atom is 0.315 e. The van der Waals surface area contributed by atoms with Crippen LogP contribution in [0.15, 0.2) is 18.2 Å². The Bertz CT molecular complexity index is 376. The molecule has 0 radical (unpaired) electrons. The van der Waals surface area contributed by atoms with E-state index in [-0.39, 0.29) is 17.3 Å². The van der Waals surface area contributed by atoms with Crippen LogP contribution in [0.4, 0.5) is 8.78 Å². The fourth-order valence-corrected chi connectivity index (χ4v) is 2.24. The highest BCUT2D eigenvalue weighted by Gasteiger charge is 2.17. The fourth-order valence-electron chi connectivity index (χ4n) is 1.38. The number of esters is 1. The second-order valence-electron chi connectivity index (χ2n) is 3.39. The highest BCUT2D eigenvalue weighted by atomic mass is 32.2. The molecule has 1 aromatic carbocycles. The van der Waals surface area contributed by atoms with Gasteiger partial charge < -0.3 is 4.74 Å². The summed E-state index contributed by atoms with van der Waals surface area (Å²) in [6.07, 6.45) is 0. The highest BCUT2D eigenvalue weighted by molar-refractivity contribution is 8.00. The molecule has 17 heavy (non-hydrogen) atoms. The normalized spacial score (nSPS) is 12.2. The van der Waals surface area contributed by atoms with E-state index in [1.807, 2.05) is 0 Å². The average Bonchev–Trinajstić information content (AvgIpc) is 2.26. The SMILES string of the molecule is CCOC(=O)CSC(C)c1c(F)cccc1F. The smallest absolute Gasteiger partial charge is 0.315 e. The third-order valence-electron chi connectivity index (χ3n) is 2.16. The van der Waals surface area contributed by atoms with Crippen LogP contribution < -0.4 is 0 Å². The first-order valence-electron chi connectivity index (χ1n) is 5.27. The number of carbonyl (C=O) groups excluding carboxylic acids is 1. The summed E-state index contributed by atoms with van der Waals surface area (Å²) in [6.45, 7) is 3.68. The number of ether oxygens (including phenoxy) is 1. The Morgan fingerprint density at radius 3 is 2.53 bits per heavy atom. The maximum absolute atomic E-state index is 13.4. The van der Waals surface area contributed by atoms with Crippen LogP contribution in [0.25, 0.3) is 0 Å². The van der Waals surface area contributed by atoms with Crippen LogP contribution in [0.3, 0.4) is 0 Å². The minimum atomic E-state index is -0.589. The van der Waals surface area contributed by atoms with Gasteiger partial charge in [0.2, 0.25) is 0 Å². The van der Waals surface area contributed by atoms with Crippen molar-refractivity contribution in [2.24, 2.45) is 0 Å². The summed E-state index contributed by atoms with van der Waals surface area (Å²) in [5.41, 5.74) is 0.00167. The third-order valence-corrected chi connectivity index (χ3v) is 3.30. The molecule has 0 aliphatic heterocycles. The van der Waals surface area contributed by atoms with E-state index in [4.69, 9.17) is 4.74 Å². The number of benzene rings is 1. The van der Waals surface area contributed by atoms with Crippen molar-refractivity contribution < 1.29 is 18.3 Å². The van der Waals surface area contributed by atoms with Crippen LogP contribution in [0, 0.1) is 11.6 Å². The molecule has 5 heteroatoms. The second kappa shape index (κ2) is 6.59. The van der Waals surface area contributed by atoms with E-state index in [9.17, 15) is 13.6 Å². The molecular formula is C12H14F2O2S. The predicted octanol–water partition coefficient (Wildman–Crippen LogP) is 3.32. The quantitative estimate of drug-likeness (QED) is 0.760. The Morgan fingerprint density at radius 1 is 1.41 bits per heavy atom. The molecule has 1 atom stereocenters. The first-order valence-corrected chi connectivity index (χ1v) is 6.32. The molecule has 1 rings (SSSR count). The van der Waals surface area contributed by atoms with Crippen molar-refractivity contribution in [3.8, 4) is 0 Å². The van der Waals surface area contributed by atoms with Crippen molar-refractivity contribution in [3.05, 3.63) is 35.4 Å². The van der Waals surface area contributed by atoms with Gasteiger partial charge in [0.25, 0.3) is 0 Å². The van der Waals surface area contributed by atoms with Crippen molar-refractivity contribution in [3.63, 3.8) is 0 Å². The fraction of sp³-hybridized carbons (Fsp3) is 0.417. The number of thioether (sulfide) groups is 1. The van der Waals surface area contributed by atoms with E-state index < -0.39 is 16.9 Å². The van der Waals surface area contributed by atoms with Gasteiger partial charge >= 0.3 is 5.97 Å². The molecule has 0 fully saturated rings. The lowest BCUT2D eigenvalue weighted by molar-refractivity contribution is -0.139. The van der Waals surface area contributed by atoms with Gasteiger partial charge in [-0.2, -0.15) is 0 Å². The minimum absolute atomic E-state index is 0.00167. The molecule has 0 aromatic heterocycles. The van der Waals surface area contributed by atoms with Gasteiger partial charge in [-0.15, -0.1) is 11.8 Å². The van der Waals surface area contributed by atoms with Crippen LogP contribution in [-0.4, -0.2) is 18.3 Å². The summed E-state index contributed by atoms with van der Waals surface area (Å²) in [7, 11) is 0. The molecule has 2 nitrogen and oxygen atoms in total. The minimum Gasteiger partial charge on any atom is -0.465 e. The van der Waals surface area contributed by atoms with Crippen LogP contribution in [-0.2, 0) is 9.53 Å². The lowest BCUT2D eigenvalue weighted by Gasteiger charge is -2.12. The molecule has 0 heterocycles. The number of carbonyl (C=O) groups is 1. The van der Waals surface area contributed by atoms with Gasteiger partial charge in [-0.1, -0.05) is 6.07 Å². The number of rotatable bonds is 5. The second-order valence-corrected chi connectivity index (χ2v) is 4.72. The molecule has 1 unspecified atom stereocenters. The van der Waals surface area contributed by atoms with Crippen molar-refractivity contribution in [2.45, 2.75) is 19.1 Å². The predicted molar refractivity (Wildman–Crippen MR) is 63.9 cm³/mol. The summed E-state index contributed by atoms with van der Waals surface area (Å²) in [5, 5.41) is -0.430. The van der Waals surface area contributed by atoms with Crippen molar-refractivity contribution in [1.29, 1.82) is 0 Å². The van der Waals surface area contributed by atoms with Crippen molar-refractivity contribution in [2.75, 3.05) is 12.4 Å².